The maximum atomic E-state index is 4.98. The molecule has 1 N–H and O–H groups in total. The Kier molecular flexibility index (Phi) is 6.26. The molecule has 2 rings (SSSR count). The van der Waals surface area contributed by atoms with Gasteiger partial charge in [0, 0.05) is 32.9 Å². The zero-order valence-corrected chi connectivity index (χ0v) is 11.8. The number of hydrogen-bond acceptors (Lipinski definition) is 5. The minimum Gasteiger partial charge on any atom is -0.383 e. The van der Waals surface area contributed by atoms with Crippen LogP contribution in [0.3, 0.4) is 0 Å². The molecule has 6 heteroatoms. The molecule has 0 spiro atoms. The maximum Gasteiger partial charge on any atom is 0.0964 e. The summed E-state index contributed by atoms with van der Waals surface area (Å²) in [7, 11) is 1.71. The van der Waals surface area contributed by atoms with Gasteiger partial charge in [0.1, 0.15) is 0 Å². The lowest BCUT2D eigenvalue weighted by Gasteiger charge is -2.13. The van der Waals surface area contributed by atoms with Crippen LogP contribution >= 0.6 is 0 Å². The fourth-order valence-electron chi connectivity index (χ4n) is 2.38. The lowest BCUT2D eigenvalue weighted by atomic mass is 10.4. The fourth-order valence-corrected chi connectivity index (χ4v) is 2.38. The molecule has 1 aliphatic heterocycles. The molecule has 108 valence electrons. The molecular formula is C13H25N5O. The summed E-state index contributed by atoms with van der Waals surface area (Å²) in [6.45, 7) is 7.01. The van der Waals surface area contributed by atoms with E-state index < -0.39 is 0 Å². The fraction of sp³-hybridized carbons (Fsp3) is 0.846. The quantitative estimate of drug-likeness (QED) is 0.660. The van der Waals surface area contributed by atoms with Crippen LogP contribution in [0.2, 0.25) is 0 Å². The van der Waals surface area contributed by atoms with Gasteiger partial charge in [-0.05, 0) is 38.9 Å². The van der Waals surface area contributed by atoms with E-state index in [1.807, 2.05) is 10.9 Å². The summed E-state index contributed by atoms with van der Waals surface area (Å²) in [5.41, 5.74) is 0.997. The molecule has 0 aliphatic carbocycles. The van der Waals surface area contributed by atoms with Gasteiger partial charge >= 0.3 is 0 Å². The average molecular weight is 267 g/mol. The van der Waals surface area contributed by atoms with Crippen molar-refractivity contribution < 1.29 is 4.74 Å². The highest BCUT2D eigenvalue weighted by Crippen LogP contribution is 2.07. The van der Waals surface area contributed by atoms with Crippen LogP contribution < -0.4 is 5.32 Å². The van der Waals surface area contributed by atoms with Crippen molar-refractivity contribution in [2.24, 2.45) is 0 Å². The molecule has 0 atom stereocenters. The normalized spacial score (nSPS) is 16.3. The third-order valence-corrected chi connectivity index (χ3v) is 3.44. The van der Waals surface area contributed by atoms with E-state index in [1.54, 1.807) is 7.11 Å². The van der Waals surface area contributed by atoms with Crippen molar-refractivity contribution >= 4 is 0 Å². The van der Waals surface area contributed by atoms with Crippen molar-refractivity contribution in [3.05, 3.63) is 11.9 Å². The van der Waals surface area contributed by atoms with Gasteiger partial charge in [0.05, 0.1) is 12.3 Å². The number of nitrogens with one attached hydrogen (secondary N) is 1. The molecule has 1 saturated heterocycles. The second-order valence-corrected chi connectivity index (χ2v) is 5.04. The second kappa shape index (κ2) is 8.24. The van der Waals surface area contributed by atoms with Crippen LogP contribution in [0.25, 0.3) is 0 Å². The van der Waals surface area contributed by atoms with Crippen molar-refractivity contribution in [2.75, 3.05) is 39.9 Å². The van der Waals surface area contributed by atoms with Crippen molar-refractivity contribution in [1.82, 2.24) is 25.2 Å². The Morgan fingerprint density at radius 1 is 1.32 bits per heavy atom. The summed E-state index contributed by atoms with van der Waals surface area (Å²) in [4.78, 5) is 2.53. The Bertz CT molecular complexity index is 349. The molecule has 0 amide bonds. The third-order valence-electron chi connectivity index (χ3n) is 3.44. The first kappa shape index (κ1) is 14.4. The first-order valence-electron chi connectivity index (χ1n) is 7.19. The van der Waals surface area contributed by atoms with Gasteiger partial charge < -0.3 is 15.0 Å². The summed E-state index contributed by atoms with van der Waals surface area (Å²) in [6.07, 6.45) is 5.91. The van der Waals surface area contributed by atoms with Gasteiger partial charge in [0.25, 0.3) is 0 Å². The van der Waals surface area contributed by atoms with E-state index in [-0.39, 0.29) is 0 Å². The van der Waals surface area contributed by atoms with E-state index in [0.29, 0.717) is 0 Å². The van der Waals surface area contributed by atoms with Gasteiger partial charge in [-0.15, -0.1) is 5.10 Å². The SMILES string of the molecule is COCCNCc1cn(CCCN2CCCC2)nn1. The van der Waals surface area contributed by atoms with Crippen molar-refractivity contribution in [2.45, 2.75) is 32.4 Å². The maximum absolute atomic E-state index is 4.98. The summed E-state index contributed by atoms with van der Waals surface area (Å²) in [5.74, 6) is 0. The molecule has 1 aromatic heterocycles. The predicted octanol–water partition coefficient (Wildman–Crippen LogP) is 0.500. The number of likely N-dealkylation sites (tertiary alicyclic amines) is 1. The monoisotopic (exact) mass is 267 g/mol. The molecule has 0 unspecified atom stereocenters. The van der Waals surface area contributed by atoms with Gasteiger partial charge in [-0.25, -0.2) is 0 Å². The average Bonchev–Trinajstić information content (AvgIpc) is 3.07. The van der Waals surface area contributed by atoms with Crippen LogP contribution in [-0.4, -0.2) is 59.8 Å². The van der Waals surface area contributed by atoms with E-state index in [4.69, 9.17) is 4.74 Å². The molecule has 1 aliphatic rings. The van der Waals surface area contributed by atoms with Gasteiger partial charge in [-0.2, -0.15) is 0 Å². The van der Waals surface area contributed by atoms with Crippen molar-refractivity contribution in [1.29, 1.82) is 0 Å². The Morgan fingerprint density at radius 3 is 2.95 bits per heavy atom. The van der Waals surface area contributed by atoms with E-state index >= 15 is 0 Å². The lowest BCUT2D eigenvalue weighted by molar-refractivity contribution is 0.199. The van der Waals surface area contributed by atoms with Gasteiger partial charge in [0.2, 0.25) is 0 Å². The zero-order chi connectivity index (χ0) is 13.3. The lowest BCUT2D eigenvalue weighted by Crippen LogP contribution is -2.21. The number of nitrogens with zero attached hydrogens (tertiary/aromatic N) is 4. The van der Waals surface area contributed by atoms with Gasteiger partial charge in [-0.1, -0.05) is 5.21 Å². The number of methoxy groups -OCH3 is 1. The Balaban J connectivity index is 1.60. The smallest absolute Gasteiger partial charge is 0.0964 e. The van der Waals surface area contributed by atoms with Crippen LogP contribution in [0.15, 0.2) is 6.20 Å². The van der Waals surface area contributed by atoms with E-state index in [1.165, 1.54) is 32.5 Å². The molecule has 19 heavy (non-hydrogen) atoms. The molecule has 2 heterocycles. The predicted molar refractivity (Wildman–Crippen MR) is 73.9 cm³/mol. The third kappa shape index (κ3) is 5.26. The topological polar surface area (TPSA) is 55.2 Å². The zero-order valence-electron chi connectivity index (χ0n) is 11.8. The number of hydrogen-bond donors (Lipinski definition) is 1. The van der Waals surface area contributed by atoms with Gasteiger partial charge in [0.15, 0.2) is 0 Å². The highest BCUT2D eigenvalue weighted by molar-refractivity contribution is 4.91. The van der Waals surface area contributed by atoms with Gasteiger partial charge in [-0.3, -0.25) is 4.68 Å². The summed E-state index contributed by atoms with van der Waals surface area (Å²) in [5, 5.41) is 11.6. The molecule has 1 fully saturated rings. The summed E-state index contributed by atoms with van der Waals surface area (Å²) in [6, 6.07) is 0. The Labute approximate surface area is 115 Å². The highest BCUT2D eigenvalue weighted by Gasteiger charge is 2.10. The van der Waals surface area contributed by atoms with Crippen LogP contribution in [0, 0.1) is 0 Å². The van der Waals surface area contributed by atoms with E-state index in [0.717, 1.165) is 38.4 Å². The Hall–Kier alpha value is -0.980. The second-order valence-electron chi connectivity index (χ2n) is 5.04. The van der Waals surface area contributed by atoms with E-state index in [9.17, 15) is 0 Å². The van der Waals surface area contributed by atoms with E-state index in [2.05, 4.69) is 20.5 Å². The first-order chi connectivity index (χ1) is 9.38. The molecule has 0 bridgehead atoms. The van der Waals surface area contributed by atoms with Crippen LogP contribution in [-0.2, 0) is 17.8 Å². The standard InChI is InChI=1S/C13H25N5O/c1-19-10-5-14-11-13-12-18(16-15-13)9-4-8-17-6-2-3-7-17/h12,14H,2-11H2,1H3. The minimum atomic E-state index is 0.726. The van der Waals surface area contributed by atoms with Crippen LogP contribution in [0.4, 0.5) is 0 Å². The number of aryl methyl sites for hydroxylation is 1. The first-order valence-corrected chi connectivity index (χ1v) is 7.19. The molecule has 0 radical (unpaired) electrons. The van der Waals surface area contributed by atoms with Crippen LogP contribution in [0.1, 0.15) is 25.0 Å². The summed E-state index contributed by atoms with van der Waals surface area (Å²) >= 11 is 0. The molecular weight excluding hydrogens is 242 g/mol. The highest BCUT2D eigenvalue weighted by atomic mass is 16.5. The molecule has 6 nitrogen and oxygen atoms in total. The number of rotatable bonds is 9. The largest absolute Gasteiger partial charge is 0.383 e. The minimum absolute atomic E-state index is 0.726. The Morgan fingerprint density at radius 2 is 2.16 bits per heavy atom. The molecule has 1 aromatic rings. The molecule has 0 aromatic carbocycles. The van der Waals surface area contributed by atoms with Crippen molar-refractivity contribution in [3.8, 4) is 0 Å². The van der Waals surface area contributed by atoms with Crippen molar-refractivity contribution in [3.63, 3.8) is 0 Å². The number of ether oxygens (including phenoxy) is 1. The molecule has 0 saturated carbocycles. The summed E-state index contributed by atoms with van der Waals surface area (Å²) < 4.78 is 6.93. The number of aromatic nitrogens is 3. The van der Waals surface area contributed by atoms with Crippen LogP contribution in [0.5, 0.6) is 0 Å².